The molecule has 0 N–H and O–H groups in total. The van der Waals surface area contributed by atoms with Crippen LogP contribution in [0.2, 0.25) is 0 Å². The highest BCUT2D eigenvalue weighted by molar-refractivity contribution is 5.14. The van der Waals surface area contributed by atoms with Gasteiger partial charge in [0.1, 0.15) is 13.8 Å². The van der Waals surface area contributed by atoms with Crippen molar-refractivity contribution < 1.29 is 13.4 Å². The molecule has 0 spiro atoms. The fraction of sp³-hybridized carbons (Fsp3) is 0.800. The van der Waals surface area contributed by atoms with Crippen molar-refractivity contribution >= 4 is 6.72 Å². The molecule has 8 heavy (non-hydrogen) atoms. The van der Waals surface area contributed by atoms with E-state index in [1.165, 1.54) is 11.6 Å². The van der Waals surface area contributed by atoms with E-state index in [2.05, 4.69) is 6.72 Å². The monoisotopic (exact) mass is 122 g/mol. The molecule has 0 aliphatic heterocycles. The summed E-state index contributed by atoms with van der Waals surface area (Å²) >= 11 is 0. The number of halogens is 2. The molecule has 0 fully saturated rings. The molecule has 0 bridgehead atoms. The van der Waals surface area contributed by atoms with Crippen molar-refractivity contribution in [1.29, 1.82) is 0 Å². The average Bonchev–Trinajstić information content (AvgIpc) is 1.21. The number of alkyl halides is 2. The molecule has 3 heteroatoms. The van der Waals surface area contributed by atoms with Gasteiger partial charge in [-0.05, 0) is 0 Å². The molecular weight excluding hydrogens is 112 g/mol. The highest BCUT2D eigenvalue weighted by Crippen LogP contribution is 2.09. The average molecular weight is 122 g/mol. The summed E-state index contributed by atoms with van der Waals surface area (Å²) in [6.45, 7) is 3.86. The van der Waals surface area contributed by atoms with Crippen LogP contribution in [0.5, 0.6) is 0 Å². The number of nitrogens with zero attached hydrogens (tertiary/aromatic N) is 1. The predicted octanol–water partition coefficient (Wildman–Crippen LogP) is 0.984. The van der Waals surface area contributed by atoms with E-state index in [9.17, 15) is 8.78 Å². The van der Waals surface area contributed by atoms with Gasteiger partial charge >= 0.3 is 5.92 Å². The molecule has 0 radical (unpaired) electrons. The maximum Gasteiger partial charge on any atom is 0.302 e. The zero-order chi connectivity index (χ0) is 6.78. The Bertz CT molecular complexity index is 93.1. The van der Waals surface area contributed by atoms with Crippen LogP contribution in [0.4, 0.5) is 8.78 Å². The molecule has 0 aromatic carbocycles. The van der Waals surface area contributed by atoms with Crippen LogP contribution < -0.4 is 0 Å². The van der Waals surface area contributed by atoms with Gasteiger partial charge in [0, 0.05) is 6.92 Å². The van der Waals surface area contributed by atoms with Gasteiger partial charge in [-0.1, -0.05) is 0 Å². The van der Waals surface area contributed by atoms with Crippen molar-refractivity contribution in [2.24, 2.45) is 0 Å². The van der Waals surface area contributed by atoms with Gasteiger partial charge in [-0.2, -0.15) is 8.78 Å². The van der Waals surface area contributed by atoms with Crippen LogP contribution in [-0.4, -0.2) is 30.8 Å². The summed E-state index contributed by atoms with van der Waals surface area (Å²) in [5.41, 5.74) is 0. The first kappa shape index (κ1) is 7.53. The Morgan fingerprint density at radius 3 is 2.00 bits per heavy atom. The molecule has 0 aliphatic rings. The van der Waals surface area contributed by atoms with E-state index < -0.39 is 5.92 Å². The largest absolute Gasteiger partial charge is 0.302 e. The zero-order valence-electron chi connectivity index (χ0n) is 5.12. The first-order valence-electron chi connectivity index (χ1n) is 2.31. The second-order valence-electron chi connectivity index (χ2n) is 2.08. The second kappa shape index (κ2) is 2.20. The fourth-order valence-electron chi connectivity index (χ4n) is 0.474. The SMILES string of the molecule is C=[N+](C)CC(C)(F)F. The van der Waals surface area contributed by atoms with Crippen LogP contribution >= 0.6 is 0 Å². The van der Waals surface area contributed by atoms with Gasteiger partial charge in [-0.3, -0.25) is 0 Å². The van der Waals surface area contributed by atoms with Gasteiger partial charge in [0.05, 0.1) is 0 Å². The molecule has 0 aromatic heterocycles. The van der Waals surface area contributed by atoms with Crippen molar-refractivity contribution in [2.45, 2.75) is 12.8 Å². The van der Waals surface area contributed by atoms with Crippen molar-refractivity contribution in [3.8, 4) is 0 Å². The predicted molar refractivity (Wildman–Crippen MR) is 28.8 cm³/mol. The molecule has 0 unspecified atom stereocenters. The number of rotatable bonds is 2. The van der Waals surface area contributed by atoms with Gasteiger partial charge in [-0.15, -0.1) is 0 Å². The fourth-order valence-corrected chi connectivity index (χ4v) is 0.474. The van der Waals surface area contributed by atoms with Crippen LogP contribution in [0.1, 0.15) is 6.92 Å². The molecule has 0 amide bonds. The highest BCUT2D eigenvalue weighted by Gasteiger charge is 2.25. The molecular formula is C5H10F2N+. The third kappa shape index (κ3) is 5.53. The Balaban J connectivity index is 3.55. The summed E-state index contributed by atoms with van der Waals surface area (Å²) in [7, 11) is 1.51. The van der Waals surface area contributed by atoms with E-state index in [4.69, 9.17) is 0 Å². The van der Waals surface area contributed by atoms with E-state index in [1.54, 1.807) is 0 Å². The first-order chi connectivity index (χ1) is 3.42. The summed E-state index contributed by atoms with van der Waals surface area (Å²) in [5.74, 6) is -2.61. The van der Waals surface area contributed by atoms with Crippen LogP contribution in [0.3, 0.4) is 0 Å². The Morgan fingerprint density at radius 1 is 1.62 bits per heavy atom. The molecule has 0 saturated heterocycles. The quantitative estimate of drug-likeness (QED) is 0.379. The Hall–Kier alpha value is -0.470. The summed E-state index contributed by atoms with van der Waals surface area (Å²) in [6, 6.07) is 0. The minimum atomic E-state index is -2.61. The Kier molecular flexibility index (Phi) is 2.07. The molecule has 0 rings (SSSR count). The third-order valence-electron chi connectivity index (χ3n) is 0.548. The van der Waals surface area contributed by atoms with Crippen molar-refractivity contribution in [3.63, 3.8) is 0 Å². The molecule has 1 nitrogen and oxygen atoms in total. The smallest absolute Gasteiger partial charge is 0.239 e. The van der Waals surface area contributed by atoms with Crippen molar-refractivity contribution in [3.05, 3.63) is 0 Å². The standard InChI is InChI=1S/C5H10F2N/c1-5(6,7)4-8(2)3/h2,4H2,1,3H3/q+1. The molecule has 0 saturated carbocycles. The van der Waals surface area contributed by atoms with Crippen molar-refractivity contribution in [1.82, 2.24) is 0 Å². The summed E-state index contributed by atoms with van der Waals surface area (Å²) in [4.78, 5) is 0. The van der Waals surface area contributed by atoms with Crippen LogP contribution in [0, 0.1) is 0 Å². The minimum Gasteiger partial charge on any atom is -0.239 e. The summed E-state index contributed by atoms with van der Waals surface area (Å²) < 4.78 is 25.0. The molecule has 48 valence electrons. The van der Waals surface area contributed by atoms with E-state index in [0.29, 0.717) is 0 Å². The maximum atomic E-state index is 11.9. The van der Waals surface area contributed by atoms with E-state index >= 15 is 0 Å². The highest BCUT2D eigenvalue weighted by atomic mass is 19.3. The lowest BCUT2D eigenvalue weighted by Gasteiger charge is -2.03. The minimum absolute atomic E-state index is 0.285. The maximum absolute atomic E-state index is 11.9. The zero-order valence-corrected chi connectivity index (χ0v) is 5.12. The molecule has 0 aliphatic carbocycles. The van der Waals surface area contributed by atoms with Gasteiger partial charge in [-0.25, -0.2) is 4.58 Å². The van der Waals surface area contributed by atoms with Gasteiger partial charge in [0.2, 0.25) is 6.54 Å². The lowest BCUT2D eigenvalue weighted by atomic mass is 10.4. The van der Waals surface area contributed by atoms with Crippen LogP contribution in [-0.2, 0) is 0 Å². The van der Waals surface area contributed by atoms with Gasteiger partial charge < -0.3 is 0 Å². The second-order valence-corrected chi connectivity index (χ2v) is 2.08. The third-order valence-corrected chi connectivity index (χ3v) is 0.548. The normalized spacial score (nSPS) is 11.5. The summed E-state index contributed by atoms with van der Waals surface area (Å²) in [5, 5.41) is 0. The summed E-state index contributed by atoms with van der Waals surface area (Å²) in [6.07, 6.45) is 0. The molecule has 0 heterocycles. The molecule has 0 aromatic rings. The van der Waals surface area contributed by atoms with Crippen LogP contribution in [0.25, 0.3) is 0 Å². The first-order valence-corrected chi connectivity index (χ1v) is 2.31. The van der Waals surface area contributed by atoms with Gasteiger partial charge in [0.25, 0.3) is 0 Å². The van der Waals surface area contributed by atoms with E-state index in [1.807, 2.05) is 0 Å². The van der Waals surface area contributed by atoms with Crippen molar-refractivity contribution in [2.75, 3.05) is 13.6 Å². The number of hydrogen-bond donors (Lipinski definition) is 0. The topological polar surface area (TPSA) is 3.01 Å². The Labute approximate surface area is 47.6 Å². The Morgan fingerprint density at radius 2 is 2.00 bits per heavy atom. The lowest BCUT2D eigenvalue weighted by molar-refractivity contribution is -0.511. The van der Waals surface area contributed by atoms with E-state index in [-0.39, 0.29) is 6.54 Å². The van der Waals surface area contributed by atoms with E-state index in [0.717, 1.165) is 6.92 Å². The van der Waals surface area contributed by atoms with Gasteiger partial charge in [0.15, 0.2) is 0 Å². The van der Waals surface area contributed by atoms with Crippen LogP contribution in [0.15, 0.2) is 0 Å². The lowest BCUT2D eigenvalue weighted by Crippen LogP contribution is -2.24. The number of hydrogen-bond acceptors (Lipinski definition) is 0. The molecule has 0 atom stereocenters.